The normalized spacial score (nSPS) is 11.4. The van der Waals surface area contributed by atoms with E-state index in [1.807, 2.05) is 67.7 Å². The van der Waals surface area contributed by atoms with Crippen molar-refractivity contribution in [2.45, 2.75) is 12.5 Å². The lowest BCUT2D eigenvalue weighted by Crippen LogP contribution is -2.38. The van der Waals surface area contributed by atoms with Crippen LogP contribution >= 0.6 is 0 Å². The van der Waals surface area contributed by atoms with Gasteiger partial charge in [-0.3, -0.25) is 4.79 Å². The molecule has 0 atom stereocenters. The summed E-state index contributed by atoms with van der Waals surface area (Å²) in [4.78, 5) is 13.4. The van der Waals surface area contributed by atoms with Crippen LogP contribution in [0.25, 0.3) is 10.9 Å². The van der Waals surface area contributed by atoms with Crippen LogP contribution in [0.4, 0.5) is 0 Å². The molecule has 0 aliphatic heterocycles. The number of fused-ring (bicyclic) bond motifs is 1. The van der Waals surface area contributed by atoms with Crippen LogP contribution in [0.1, 0.15) is 39.5 Å². The summed E-state index contributed by atoms with van der Waals surface area (Å²) >= 11 is 0. The molecule has 1 aromatic heterocycles. The second kappa shape index (κ2) is 10.4. The van der Waals surface area contributed by atoms with Gasteiger partial charge in [-0.1, -0.05) is 103 Å². The van der Waals surface area contributed by atoms with Crippen LogP contribution in [0.15, 0.2) is 140 Å². The Labute approximate surface area is 228 Å². The Kier molecular flexibility index (Phi) is 6.52. The van der Waals surface area contributed by atoms with Gasteiger partial charge >= 0.3 is 0 Å². The van der Waals surface area contributed by atoms with Gasteiger partial charge in [-0.05, 0) is 53.9 Å². The highest BCUT2D eigenvalue weighted by Gasteiger charge is 2.40. The Balaban J connectivity index is 1.55. The summed E-state index contributed by atoms with van der Waals surface area (Å²) in [5.41, 5.74) is 4.72. The molecule has 0 radical (unpaired) electrons. The van der Waals surface area contributed by atoms with E-state index < -0.39 is 5.54 Å². The maximum absolute atomic E-state index is 13.4. The third-order valence-electron chi connectivity index (χ3n) is 7.13. The van der Waals surface area contributed by atoms with Crippen LogP contribution in [-0.2, 0) is 5.54 Å². The van der Waals surface area contributed by atoms with Gasteiger partial charge in [-0.25, -0.2) is 4.68 Å². The molecule has 6 aromatic rings. The zero-order valence-corrected chi connectivity index (χ0v) is 21.7. The number of aromatic nitrogens is 2. The van der Waals surface area contributed by atoms with Crippen molar-refractivity contribution in [2.24, 2.45) is 0 Å². The summed E-state index contributed by atoms with van der Waals surface area (Å²) < 4.78 is 7.69. The van der Waals surface area contributed by atoms with Crippen molar-refractivity contribution in [2.75, 3.05) is 6.61 Å². The number of ketones is 1. The van der Waals surface area contributed by atoms with E-state index in [0.29, 0.717) is 23.5 Å². The molecule has 0 saturated heterocycles. The van der Waals surface area contributed by atoms with Gasteiger partial charge in [0.05, 0.1) is 18.3 Å². The topological polar surface area (TPSA) is 44.1 Å². The van der Waals surface area contributed by atoms with E-state index in [9.17, 15) is 4.79 Å². The second-order valence-electron chi connectivity index (χ2n) is 9.43. The molecule has 0 unspecified atom stereocenters. The Bertz CT molecular complexity index is 1630. The lowest BCUT2D eigenvalue weighted by molar-refractivity contribution is 0.103. The SMILES string of the molecule is CCOc1cccc(C(=O)c2ccc3c(cnn3C(c3ccccc3)(c3ccccc3)c3ccccc3)c2)c1. The minimum Gasteiger partial charge on any atom is -0.494 e. The molecule has 0 aliphatic rings. The standard InChI is InChI=1S/C35H28N2O2/c1-2-39-32-20-12-13-26(24-32)34(38)27-21-22-33-28(23-27)25-36-37(33)35(29-14-6-3-7-15-29,30-16-8-4-9-17-30)31-18-10-5-11-19-31/h3-25H,2H2,1H3. The van der Waals surface area contributed by atoms with Crippen molar-refractivity contribution in [3.05, 3.63) is 167 Å². The molecule has 39 heavy (non-hydrogen) atoms. The first kappa shape index (κ1) is 24.4. The highest BCUT2D eigenvalue weighted by atomic mass is 16.5. The van der Waals surface area contributed by atoms with E-state index in [1.165, 1.54) is 0 Å². The minimum absolute atomic E-state index is 0.0494. The van der Waals surface area contributed by atoms with E-state index in [0.717, 1.165) is 27.6 Å². The predicted molar refractivity (Wildman–Crippen MR) is 155 cm³/mol. The van der Waals surface area contributed by atoms with Gasteiger partial charge < -0.3 is 4.74 Å². The molecule has 5 aromatic carbocycles. The van der Waals surface area contributed by atoms with Crippen molar-refractivity contribution in [1.29, 1.82) is 0 Å². The summed E-state index contributed by atoms with van der Waals surface area (Å²) in [6, 6.07) is 44.5. The Hall–Kier alpha value is -4.96. The molecule has 0 N–H and O–H groups in total. The van der Waals surface area contributed by atoms with Crippen LogP contribution in [-0.4, -0.2) is 22.2 Å². The number of carbonyl (C=O) groups is 1. The smallest absolute Gasteiger partial charge is 0.193 e. The molecule has 0 bridgehead atoms. The summed E-state index contributed by atoms with van der Waals surface area (Å²) in [6.07, 6.45) is 1.85. The van der Waals surface area contributed by atoms with Gasteiger partial charge in [-0.15, -0.1) is 0 Å². The molecule has 0 fully saturated rings. The first-order valence-corrected chi connectivity index (χ1v) is 13.1. The van der Waals surface area contributed by atoms with Gasteiger partial charge in [0.15, 0.2) is 5.78 Å². The average Bonchev–Trinajstić information content (AvgIpc) is 3.43. The molecule has 4 heteroatoms. The minimum atomic E-state index is -0.719. The molecule has 1 heterocycles. The van der Waals surface area contributed by atoms with Gasteiger partial charge in [0, 0.05) is 16.5 Å². The van der Waals surface area contributed by atoms with Crippen LogP contribution in [0, 0.1) is 0 Å². The van der Waals surface area contributed by atoms with E-state index in [-0.39, 0.29) is 5.78 Å². The lowest BCUT2D eigenvalue weighted by Gasteiger charge is -2.37. The van der Waals surface area contributed by atoms with Crippen LogP contribution in [0.3, 0.4) is 0 Å². The molecular weight excluding hydrogens is 480 g/mol. The molecule has 0 saturated carbocycles. The molecule has 190 valence electrons. The van der Waals surface area contributed by atoms with Crippen molar-refractivity contribution in [3.8, 4) is 5.75 Å². The van der Waals surface area contributed by atoms with E-state index in [1.54, 1.807) is 6.07 Å². The first-order valence-electron chi connectivity index (χ1n) is 13.1. The third kappa shape index (κ3) is 4.30. The van der Waals surface area contributed by atoms with Crippen LogP contribution < -0.4 is 4.74 Å². The maximum atomic E-state index is 13.4. The highest BCUT2D eigenvalue weighted by Crippen LogP contribution is 2.42. The zero-order valence-electron chi connectivity index (χ0n) is 21.7. The summed E-state index contributed by atoms with van der Waals surface area (Å²) in [7, 11) is 0. The van der Waals surface area contributed by atoms with Gasteiger partial charge in [0.1, 0.15) is 11.3 Å². The Morgan fingerprint density at radius 1 is 0.692 bits per heavy atom. The Morgan fingerprint density at radius 2 is 1.26 bits per heavy atom. The quantitative estimate of drug-likeness (QED) is 0.158. The van der Waals surface area contributed by atoms with Crippen LogP contribution in [0.5, 0.6) is 5.75 Å². The molecular formula is C35H28N2O2. The maximum Gasteiger partial charge on any atom is 0.193 e. The lowest BCUT2D eigenvalue weighted by atomic mass is 9.77. The van der Waals surface area contributed by atoms with E-state index in [2.05, 4.69) is 77.5 Å². The predicted octanol–water partition coefficient (Wildman–Crippen LogP) is 7.51. The summed E-state index contributed by atoms with van der Waals surface area (Å²) in [6.45, 7) is 2.48. The number of nitrogens with zero attached hydrogens (tertiary/aromatic N) is 2. The van der Waals surface area contributed by atoms with E-state index in [4.69, 9.17) is 9.84 Å². The van der Waals surface area contributed by atoms with Crippen molar-refractivity contribution in [3.63, 3.8) is 0 Å². The third-order valence-corrected chi connectivity index (χ3v) is 7.13. The van der Waals surface area contributed by atoms with Crippen LogP contribution in [0.2, 0.25) is 0 Å². The second-order valence-corrected chi connectivity index (χ2v) is 9.43. The monoisotopic (exact) mass is 508 g/mol. The fraction of sp³-hybridized carbons (Fsp3) is 0.0857. The molecule has 0 amide bonds. The molecule has 6 rings (SSSR count). The number of benzene rings is 5. The number of carbonyl (C=O) groups excluding carboxylic acids is 1. The summed E-state index contributed by atoms with van der Waals surface area (Å²) in [5, 5.41) is 5.89. The molecule has 0 aliphatic carbocycles. The number of rotatable bonds is 8. The van der Waals surface area contributed by atoms with Crippen molar-refractivity contribution in [1.82, 2.24) is 9.78 Å². The fourth-order valence-electron chi connectivity index (χ4n) is 5.41. The van der Waals surface area contributed by atoms with E-state index >= 15 is 0 Å². The Morgan fingerprint density at radius 3 is 1.82 bits per heavy atom. The first-order chi connectivity index (χ1) is 19.2. The highest BCUT2D eigenvalue weighted by molar-refractivity contribution is 6.10. The number of hydrogen-bond donors (Lipinski definition) is 0. The van der Waals surface area contributed by atoms with Gasteiger partial charge in [0.2, 0.25) is 0 Å². The van der Waals surface area contributed by atoms with Crippen molar-refractivity contribution >= 4 is 16.7 Å². The van der Waals surface area contributed by atoms with Gasteiger partial charge in [0.25, 0.3) is 0 Å². The van der Waals surface area contributed by atoms with Gasteiger partial charge in [-0.2, -0.15) is 5.10 Å². The largest absolute Gasteiger partial charge is 0.494 e. The number of hydrogen-bond acceptors (Lipinski definition) is 3. The fourth-order valence-corrected chi connectivity index (χ4v) is 5.41. The number of ether oxygens (including phenoxy) is 1. The molecule has 4 nitrogen and oxygen atoms in total. The average molecular weight is 509 g/mol. The van der Waals surface area contributed by atoms with Crippen molar-refractivity contribution < 1.29 is 9.53 Å². The molecule has 0 spiro atoms. The summed E-state index contributed by atoms with van der Waals surface area (Å²) in [5.74, 6) is 0.641. The zero-order chi connectivity index (χ0) is 26.7.